The molecule has 138 valence electrons. The lowest BCUT2D eigenvalue weighted by Crippen LogP contribution is -2.29. The molecule has 2 heterocycles. The van der Waals surface area contributed by atoms with Gasteiger partial charge in [-0.15, -0.1) is 11.3 Å². The van der Waals surface area contributed by atoms with E-state index in [4.69, 9.17) is 0 Å². The van der Waals surface area contributed by atoms with Crippen LogP contribution in [0.5, 0.6) is 0 Å². The summed E-state index contributed by atoms with van der Waals surface area (Å²) in [4.78, 5) is 30.2. The normalized spacial score (nSPS) is 13.2. The molecule has 1 aliphatic carbocycles. The van der Waals surface area contributed by atoms with Gasteiger partial charge in [-0.2, -0.15) is 5.10 Å². The summed E-state index contributed by atoms with van der Waals surface area (Å²) in [6, 6.07) is 10.7. The minimum absolute atomic E-state index is 0.145. The van der Waals surface area contributed by atoms with E-state index < -0.39 is 0 Å². The molecule has 0 spiro atoms. The van der Waals surface area contributed by atoms with Crippen molar-refractivity contribution in [3.63, 3.8) is 0 Å². The number of aryl methyl sites for hydroxylation is 2. The SMILES string of the molecule is O=C(Cn1nc(-c2ccc(Br)cc2)ccc1=O)Nc1nc2c(s1)CCCC2. The Morgan fingerprint density at radius 3 is 2.70 bits per heavy atom. The monoisotopic (exact) mass is 444 g/mol. The Kier molecular flexibility index (Phi) is 5.18. The van der Waals surface area contributed by atoms with Gasteiger partial charge in [0.05, 0.1) is 11.4 Å². The van der Waals surface area contributed by atoms with E-state index in [2.05, 4.69) is 31.3 Å². The van der Waals surface area contributed by atoms with E-state index in [-0.39, 0.29) is 18.0 Å². The van der Waals surface area contributed by atoms with Crippen molar-refractivity contribution >= 4 is 38.3 Å². The number of halogens is 1. The van der Waals surface area contributed by atoms with Crippen LogP contribution in [0, 0.1) is 0 Å². The number of carbonyl (C=O) groups excluding carboxylic acids is 1. The van der Waals surface area contributed by atoms with E-state index >= 15 is 0 Å². The van der Waals surface area contributed by atoms with E-state index in [9.17, 15) is 9.59 Å². The van der Waals surface area contributed by atoms with Crippen LogP contribution in [0.2, 0.25) is 0 Å². The Hall–Kier alpha value is -2.32. The highest BCUT2D eigenvalue weighted by Crippen LogP contribution is 2.29. The van der Waals surface area contributed by atoms with Gasteiger partial charge >= 0.3 is 0 Å². The molecule has 27 heavy (non-hydrogen) atoms. The molecule has 0 atom stereocenters. The summed E-state index contributed by atoms with van der Waals surface area (Å²) < 4.78 is 2.14. The Bertz CT molecular complexity index is 1020. The average Bonchev–Trinajstić information content (AvgIpc) is 3.06. The number of thiazole rings is 1. The summed E-state index contributed by atoms with van der Waals surface area (Å²) in [7, 11) is 0. The maximum Gasteiger partial charge on any atom is 0.267 e. The van der Waals surface area contributed by atoms with Crippen molar-refractivity contribution in [1.29, 1.82) is 0 Å². The van der Waals surface area contributed by atoms with Gasteiger partial charge < -0.3 is 5.32 Å². The minimum atomic E-state index is -0.315. The number of aromatic nitrogens is 3. The Morgan fingerprint density at radius 2 is 1.93 bits per heavy atom. The fourth-order valence-electron chi connectivity index (χ4n) is 3.04. The number of benzene rings is 1. The molecular weight excluding hydrogens is 428 g/mol. The molecule has 6 nitrogen and oxygen atoms in total. The molecule has 0 radical (unpaired) electrons. The predicted molar refractivity (Wildman–Crippen MR) is 109 cm³/mol. The standard InChI is InChI=1S/C19H17BrN4O2S/c20-13-7-5-12(6-8-13)14-9-10-18(26)24(23-14)11-17(25)22-19-21-15-3-1-2-4-16(15)27-19/h5-10H,1-4,11H2,(H,21,22,25). The number of amides is 1. The van der Waals surface area contributed by atoms with E-state index in [0.29, 0.717) is 10.8 Å². The molecule has 1 aliphatic rings. The van der Waals surface area contributed by atoms with Crippen molar-refractivity contribution in [2.24, 2.45) is 0 Å². The Labute approximate surface area is 168 Å². The van der Waals surface area contributed by atoms with Crippen LogP contribution >= 0.6 is 27.3 Å². The number of nitrogens with one attached hydrogen (secondary N) is 1. The van der Waals surface area contributed by atoms with Gasteiger partial charge in [0.2, 0.25) is 5.91 Å². The second kappa shape index (κ2) is 7.74. The van der Waals surface area contributed by atoms with Gasteiger partial charge in [-0.05, 0) is 43.9 Å². The maximum atomic E-state index is 12.4. The average molecular weight is 445 g/mol. The van der Waals surface area contributed by atoms with E-state index in [0.717, 1.165) is 35.0 Å². The first kappa shape index (κ1) is 18.1. The predicted octanol–water partition coefficient (Wildman–Crippen LogP) is 3.65. The number of nitrogens with zero attached hydrogens (tertiary/aromatic N) is 3. The van der Waals surface area contributed by atoms with Crippen LogP contribution in [-0.4, -0.2) is 20.7 Å². The number of carbonyl (C=O) groups is 1. The number of hydrogen-bond acceptors (Lipinski definition) is 5. The smallest absolute Gasteiger partial charge is 0.267 e. The summed E-state index contributed by atoms with van der Waals surface area (Å²) in [5, 5.41) is 7.73. The van der Waals surface area contributed by atoms with Gasteiger partial charge in [-0.3, -0.25) is 9.59 Å². The van der Waals surface area contributed by atoms with Crippen molar-refractivity contribution in [2.75, 3.05) is 5.32 Å². The summed E-state index contributed by atoms with van der Waals surface area (Å²) in [5.74, 6) is -0.302. The van der Waals surface area contributed by atoms with Crippen molar-refractivity contribution < 1.29 is 4.79 Å². The highest BCUT2D eigenvalue weighted by atomic mass is 79.9. The molecule has 0 unspecified atom stereocenters. The van der Waals surface area contributed by atoms with Crippen LogP contribution in [0.1, 0.15) is 23.4 Å². The van der Waals surface area contributed by atoms with Crippen molar-refractivity contribution in [3.05, 3.63) is 61.8 Å². The molecule has 2 aromatic heterocycles. The lowest BCUT2D eigenvalue weighted by atomic mass is 10.0. The Morgan fingerprint density at radius 1 is 1.15 bits per heavy atom. The molecule has 0 saturated heterocycles. The molecule has 0 bridgehead atoms. The highest BCUT2D eigenvalue weighted by molar-refractivity contribution is 9.10. The van der Waals surface area contributed by atoms with Crippen LogP contribution < -0.4 is 10.9 Å². The topological polar surface area (TPSA) is 76.9 Å². The number of fused-ring (bicyclic) bond motifs is 1. The van der Waals surface area contributed by atoms with E-state index in [1.165, 1.54) is 33.4 Å². The first-order valence-corrected chi connectivity index (χ1v) is 10.3. The fourth-order valence-corrected chi connectivity index (χ4v) is 4.37. The van der Waals surface area contributed by atoms with Crippen molar-refractivity contribution in [2.45, 2.75) is 32.2 Å². The van der Waals surface area contributed by atoms with E-state index in [1.807, 2.05) is 24.3 Å². The van der Waals surface area contributed by atoms with Gasteiger partial charge in [0.15, 0.2) is 5.13 Å². The molecule has 8 heteroatoms. The molecule has 0 saturated carbocycles. The minimum Gasteiger partial charge on any atom is -0.300 e. The zero-order chi connectivity index (χ0) is 18.8. The number of rotatable bonds is 4. The summed E-state index contributed by atoms with van der Waals surface area (Å²) >= 11 is 4.92. The molecule has 1 N–H and O–H groups in total. The highest BCUT2D eigenvalue weighted by Gasteiger charge is 2.17. The third kappa shape index (κ3) is 4.17. The molecule has 0 fully saturated rings. The number of anilines is 1. The Balaban J connectivity index is 1.50. The zero-order valence-electron chi connectivity index (χ0n) is 14.4. The van der Waals surface area contributed by atoms with Gasteiger partial charge in [-0.25, -0.2) is 9.67 Å². The lowest BCUT2D eigenvalue weighted by Gasteiger charge is -2.07. The summed E-state index contributed by atoms with van der Waals surface area (Å²) in [6.45, 7) is -0.145. The van der Waals surface area contributed by atoms with Crippen molar-refractivity contribution in [3.8, 4) is 11.3 Å². The fraction of sp³-hybridized carbons (Fsp3) is 0.263. The molecule has 4 rings (SSSR count). The third-order valence-corrected chi connectivity index (χ3v) is 5.99. The second-order valence-electron chi connectivity index (χ2n) is 6.37. The number of hydrogen-bond donors (Lipinski definition) is 1. The third-order valence-electron chi connectivity index (χ3n) is 4.39. The maximum absolute atomic E-state index is 12.4. The molecule has 3 aromatic rings. The van der Waals surface area contributed by atoms with Crippen LogP contribution in [0.4, 0.5) is 5.13 Å². The van der Waals surface area contributed by atoms with Gasteiger partial charge in [0.25, 0.3) is 5.56 Å². The molecule has 1 aromatic carbocycles. The first-order valence-electron chi connectivity index (χ1n) is 8.71. The van der Waals surface area contributed by atoms with Gasteiger partial charge in [-0.1, -0.05) is 28.1 Å². The lowest BCUT2D eigenvalue weighted by molar-refractivity contribution is -0.117. The largest absolute Gasteiger partial charge is 0.300 e. The first-order chi connectivity index (χ1) is 13.1. The van der Waals surface area contributed by atoms with E-state index in [1.54, 1.807) is 6.07 Å². The summed E-state index contributed by atoms with van der Waals surface area (Å²) in [6.07, 6.45) is 4.31. The van der Waals surface area contributed by atoms with Crippen LogP contribution in [0.15, 0.2) is 45.7 Å². The van der Waals surface area contributed by atoms with Gasteiger partial charge in [0, 0.05) is 21.0 Å². The quantitative estimate of drug-likeness (QED) is 0.665. The second-order valence-corrected chi connectivity index (χ2v) is 8.36. The van der Waals surface area contributed by atoms with Crippen molar-refractivity contribution in [1.82, 2.24) is 14.8 Å². The van der Waals surface area contributed by atoms with Crippen LogP contribution in [0.25, 0.3) is 11.3 Å². The zero-order valence-corrected chi connectivity index (χ0v) is 16.8. The van der Waals surface area contributed by atoms with Crippen LogP contribution in [0.3, 0.4) is 0 Å². The molecule has 0 aliphatic heterocycles. The summed E-state index contributed by atoms with van der Waals surface area (Å²) in [5.41, 5.74) is 2.29. The molecule has 1 amide bonds. The van der Waals surface area contributed by atoms with Crippen LogP contribution in [-0.2, 0) is 24.2 Å². The van der Waals surface area contributed by atoms with Gasteiger partial charge in [0.1, 0.15) is 6.54 Å². The molecular formula is C19H17BrN4O2S.